The summed E-state index contributed by atoms with van der Waals surface area (Å²) >= 11 is 0. The predicted octanol–water partition coefficient (Wildman–Crippen LogP) is 2.24. The molecule has 1 amide bonds. The summed E-state index contributed by atoms with van der Waals surface area (Å²) in [6, 6.07) is 8.90. The maximum absolute atomic E-state index is 12.7. The Hall–Kier alpha value is -2.85. The number of benzene rings is 1. The first-order chi connectivity index (χ1) is 13.0. The van der Waals surface area contributed by atoms with E-state index in [1.807, 2.05) is 6.07 Å². The highest BCUT2D eigenvalue weighted by Gasteiger charge is 2.26. The molecule has 1 heterocycles. The lowest BCUT2D eigenvalue weighted by atomic mass is 10.0. The van der Waals surface area contributed by atoms with Crippen LogP contribution in [-0.4, -0.2) is 61.5 Å². The summed E-state index contributed by atoms with van der Waals surface area (Å²) in [4.78, 5) is 28.6. The Morgan fingerprint density at radius 3 is 2.67 bits per heavy atom. The second-order valence-electron chi connectivity index (χ2n) is 6.53. The summed E-state index contributed by atoms with van der Waals surface area (Å²) in [7, 11) is 3.79. The smallest absolute Gasteiger partial charge is 0.340 e. The van der Waals surface area contributed by atoms with Gasteiger partial charge in [-0.15, -0.1) is 0 Å². The van der Waals surface area contributed by atoms with Gasteiger partial charge in [-0.3, -0.25) is 4.79 Å². The van der Waals surface area contributed by atoms with E-state index in [1.165, 1.54) is 6.20 Å². The average Bonchev–Trinajstić information content (AvgIpc) is 2.68. The van der Waals surface area contributed by atoms with E-state index in [4.69, 9.17) is 4.74 Å². The lowest BCUT2D eigenvalue weighted by Crippen LogP contribution is -2.44. The molecule has 1 aliphatic rings. The van der Waals surface area contributed by atoms with Crippen molar-refractivity contribution in [2.24, 2.45) is 0 Å². The van der Waals surface area contributed by atoms with E-state index in [1.54, 1.807) is 43.1 Å². The molecular formula is C20H26N4O3. The molecule has 0 atom stereocenters. The van der Waals surface area contributed by atoms with E-state index in [9.17, 15) is 14.9 Å². The zero-order valence-corrected chi connectivity index (χ0v) is 16.1. The fraction of sp³-hybridized carbons (Fsp3) is 0.450. The quantitative estimate of drug-likeness (QED) is 0.470. The normalized spacial score (nSPS) is 15.7. The van der Waals surface area contributed by atoms with E-state index in [0.29, 0.717) is 11.3 Å². The molecule has 0 spiro atoms. The number of nitriles is 1. The van der Waals surface area contributed by atoms with Crippen molar-refractivity contribution in [1.82, 2.24) is 9.80 Å². The monoisotopic (exact) mass is 370 g/mol. The number of hydrogen-bond donors (Lipinski definition) is 1. The molecule has 7 nitrogen and oxygen atoms in total. The summed E-state index contributed by atoms with van der Waals surface area (Å²) < 4.78 is 5.03. The molecule has 1 aromatic rings. The van der Waals surface area contributed by atoms with Crippen LogP contribution < -0.4 is 5.32 Å². The zero-order chi connectivity index (χ0) is 19.8. The van der Waals surface area contributed by atoms with Crippen LogP contribution in [0.15, 0.2) is 36.0 Å². The van der Waals surface area contributed by atoms with Crippen LogP contribution in [0.4, 0.5) is 5.69 Å². The number of esters is 1. The minimum Gasteiger partial charge on any atom is -0.462 e. The summed E-state index contributed by atoms with van der Waals surface area (Å²) in [6.07, 6.45) is 3.12. The van der Waals surface area contributed by atoms with E-state index >= 15 is 0 Å². The molecule has 2 rings (SSSR count). The number of ether oxygens (including phenoxy) is 1. The zero-order valence-electron chi connectivity index (χ0n) is 16.1. The maximum atomic E-state index is 12.7. The van der Waals surface area contributed by atoms with Gasteiger partial charge in [-0.05, 0) is 52.0 Å². The van der Waals surface area contributed by atoms with Gasteiger partial charge in [0.1, 0.15) is 11.6 Å². The summed E-state index contributed by atoms with van der Waals surface area (Å²) in [5.74, 6) is -0.782. The number of likely N-dealkylation sites (N-methyl/N-ethyl adjacent to an activating group) is 1. The van der Waals surface area contributed by atoms with Gasteiger partial charge in [0.25, 0.3) is 5.91 Å². The highest BCUT2D eigenvalue weighted by Crippen LogP contribution is 2.18. The minimum absolute atomic E-state index is 0.00455. The summed E-state index contributed by atoms with van der Waals surface area (Å²) in [6.45, 7) is 3.86. The van der Waals surface area contributed by atoms with Crippen LogP contribution in [-0.2, 0) is 9.53 Å². The van der Waals surface area contributed by atoms with Gasteiger partial charge in [-0.2, -0.15) is 5.26 Å². The van der Waals surface area contributed by atoms with Gasteiger partial charge < -0.3 is 19.9 Å². The van der Waals surface area contributed by atoms with Gasteiger partial charge in [-0.25, -0.2) is 4.79 Å². The van der Waals surface area contributed by atoms with Crippen LogP contribution >= 0.6 is 0 Å². The molecule has 1 aliphatic heterocycles. The number of likely N-dealkylation sites (tertiary alicyclic amines) is 1. The number of rotatable bonds is 6. The molecule has 0 aromatic heterocycles. The first-order valence-electron chi connectivity index (χ1n) is 9.06. The molecule has 7 heteroatoms. The summed E-state index contributed by atoms with van der Waals surface area (Å²) in [5, 5.41) is 12.3. The van der Waals surface area contributed by atoms with Crippen molar-refractivity contribution in [1.29, 1.82) is 5.26 Å². The Balaban J connectivity index is 2.11. The number of hydrogen-bond acceptors (Lipinski definition) is 6. The number of para-hydroxylation sites is 1. The third-order valence-corrected chi connectivity index (χ3v) is 4.70. The molecule has 27 heavy (non-hydrogen) atoms. The molecule has 0 saturated carbocycles. The van der Waals surface area contributed by atoms with E-state index in [2.05, 4.69) is 17.3 Å². The Kier molecular flexibility index (Phi) is 7.38. The number of nitrogens with one attached hydrogen (secondary N) is 1. The number of anilines is 1. The number of amides is 1. The van der Waals surface area contributed by atoms with Gasteiger partial charge in [0, 0.05) is 19.3 Å². The van der Waals surface area contributed by atoms with Crippen LogP contribution in [0.5, 0.6) is 0 Å². The first-order valence-corrected chi connectivity index (χ1v) is 9.06. The van der Waals surface area contributed by atoms with Crippen molar-refractivity contribution in [3.8, 4) is 6.07 Å². The lowest BCUT2D eigenvalue weighted by molar-refractivity contribution is -0.128. The predicted molar refractivity (Wildman–Crippen MR) is 103 cm³/mol. The SMILES string of the molecule is CCOC(=O)c1ccccc1N/C=C(/C#N)C(=O)N(C)C1CCN(C)CC1. The standard InChI is InChI=1S/C20H26N4O3/c1-4-27-20(26)17-7-5-6-8-18(17)22-14-15(13-21)19(25)24(3)16-9-11-23(2)12-10-16/h5-8,14,16,22H,4,9-12H2,1-3H3/b15-14-. The molecule has 1 aromatic carbocycles. The van der Waals surface area contributed by atoms with Crippen molar-refractivity contribution in [3.05, 3.63) is 41.6 Å². The van der Waals surface area contributed by atoms with Crippen molar-refractivity contribution in [2.45, 2.75) is 25.8 Å². The van der Waals surface area contributed by atoms with Gasteiger partial charge in [0.2, 0.25) is 0 Å². The number of piperidine rings is 1. The van der Waals surface area contributed by atoms with Crippen LogP contribution in [0.25, 0.3) is 0 Å². The number of carbonyl (C=O) groups excluding carboxylic acids is 2. The molecule has 0 bridgehead atoms. The number of carbonyl (C=O) groups is 2. The highest BCUT2D eigenvalue weighted by atomic mass is 16.5. The molecule has 0 unspecified atom stereocenters. The molecule has 1 N–H and O–H groups in total. The van der Waals surface area contributed by atoms with Crippen molar-refractivity contribution in [3.63, 3.8) is 0 Å². The molecule has 0 aliphatic carbocycles. The molecule has 144 valence electrons. The number of nitrogens with zero attached hydrogens (tertiary/aromatic N) is 3. The fourth-order valence-corrected chi connectivity index (χ4v) is 3.03. The highest BCUT2D eigenvalue weighted by molar-refractivity contribution is 5.99. The van der Waals surface area contributed by atoms with Gasteiger partial charge in [0.15, 0.2) is 0 Å². The van der Waals surface area contributed by atoms with Crippen molar-refractivity contribution >= 4 is 17.6 Å². The average molecular weight is 370 g/mol. The Bertz CT molecular complexity index is 746. The molecule has 0 radical (unpaired) electrons. The van der Waals surface area contributed by atoms with Crippen LogP contribution in [0.3, 0.4) is 0 Å². The van der Waals surface area contributed by atoms with Gasteiger partial charge >= 0.3 is 5.97 Å². The Labute approximate surface area is 160 Å². The third kappa shape index (κ3) is 5.31. The van der Waals surface area contributed by atoms with Crippen molar-refractivity contribution in [2.75, 3.05) is 39.1 Å². The maximum Gasteiger partial charge on any atom is 0.340 e. The van der Waals surface area contributed by atoms with Gasteiger partial charge in [-0.1, -0.05) is 12.1 Å². The molecule has 1 saturated heterocycles. The van der Waals surface area contributed by atoms with Gasteiger partial charge in [0.05, 0.1) is 17.9 Å². The largest absolute Gasteiger partial charge is 0.462 e. The molecule has 1 fully saturated rings. The van der Waals surface area contributed by atoms with E-state index in [-0.39, 0.29) is 24.1 Å². The van der Waals surface area contributed by atoms with Crippen LogP contribution in [0.2, 0.25) is 0 Å². The van der Waals surface area contributed by atoms with Crippen molar-refractivity contribution < 1.29 is 14.3 Å². The summed E-state index contributed by atoms with van der Waals surface area (Å²) in [5.41, 5.74) is 0.831. The van der Waals surface area contributed by atoms with Crippen LogP contribution in [0.1, 0.15) is 30.1 Å². The second-order valence-corrected chi connectivity index (χ2v) is 6.53. The molecular weight excluding hydrogens is 344 g/mol. The first kappa shape index (κ1) is 20.5. The Morgan fingerprint density at radius 2 is 2.04 bits per heavy atom. The third-order valence-electron chi connectivity index (χ3n) is 4.70. The topological polar surface area (TPSA) is 85.7 Å². The minimum atomic E-state index is -0.456. The Morgan fingerprint density at radius 1 is 1.37 bits per heavy atom. The lowest BCUT2D eigenvalue weighted by Gasteiger charge is -2.35. The van der Waals surface area contributed by atoms with E-state index < -0.39 is 5.97 Å². The fourth-order valence-electron chi connectivity index (χ4n) is 3.03. The van der Waals surface area contributed by atoms with E-state index in [0.717, 1.165) is 25.9 Å². The van der Waals surface area contributed by atoms with Crippen LogP contribution in [0, 0.1) is 11.3 Å². The second kappa shape index (κ2) is 9.74.